The van der Waals surface area contributed by atoms with Crippen LogP contribution in [0.3, 0.4) is 0 Å². The van der Waals surface area contributed by atoms with Crippen molar-refractivity contribution >= 4 is 32.3 Å². The van der Waals surface area contributed by atoms with E-state index in [0.29, 0.717) is 69.3 Å². The van der Waals surface area contributed by atoms with Crippen molar-refractivity contribution < 1.29 is 45.7 Å². The minimum Gasteiger partial charge on any atom is -0.491 e. The van der Waals surface area contributed by atoms with Gasteiger partial charge in [-0.25, -0.2) is 17.2 Å². The number of aromatic amines is 1. The number of hydrogen-bond acceptors (Lipinski definition) is 9. The Kier molecular flexibility index (Phi) is 12.2. The lowest BCUT2D eigenvalue weighted by atomic mass is 10.0. The summed E-state index contributed by atoms with van der Waals surface area (Å²) in [6, 6.07) is 14.9. The molecule has 0 aliphatic carbocycles. The molecule has 1 amide bonds. The molecule has 0 atom stereocenters. The van der Waals surface area contributed by atoms with Crippen LogP contribution in [0.2, 0.25) is 0 Å². The van der Waals surface area contributed by atoms with E-state index >= 15 is 0 Å². The summed E-state index contributed by atoms with van der Waals surface area (Å²) in [5.74, 6) is -2.05. The van der Waals surface area contributed by atoms with E-state index in [0.717, 1.165) is 18.4 Å². The molecular formula is C36H37F2N3O9S. The topological polar surface area (TPSA) is 147 Å². The zero-order chi connectivity index (χ0) is 36.5. The second-order valence-corrected chi connectivity index (χ2v) is 13.3. The minimum atomic E-state index is -3.71. The van der Waals surface area contributed by atoms with Gasteiger partial charge in [-0.15, -0.1) is 0 Å². The SMILES string of the molecule is CCOCCOCCOCCOc1ccc(NC(=O)c2cc3c(-c4cc(S(C)(=O)=O)ccc4Oc4ccc(F)cc4F)cn(C)c(=O)c3[nH]2)cc1. The summed E-state index contributed by atoms with van der Waals surface area (Å²) < 4.78 is 82.0. The van der Waals surface area contributed by atoms with E-state index in [2.05, 4.69) is 10.3 Å². The fourth-order valence-electron chi connectivity index (χ4n) is 5.02. The smallest absolute Gasteiger partial charge is 0.274 e. The van der Waals surface area contributed by atoms with Crippen molar-refractivity contribution in [2.24, 2.45) is 7.05 Å². The number of rotatable bonds is 17. The molecule has 0 saturated heterocycles. The van der Waals surface area contributed by atoms with Gasteiger partial charge in [0.1, 0.15) is 35.1 Å². The van der Waals surface area contributed by atoms with Crippen LogP contribution in [0.5, 0.6) is 17.2 Å². The lowest BCUT2D eigenvalue weighted by molar-refractivity contribution is 0.0114. The molecule has 0 radical (unpaired) electrons. The molecule has 2 heterocycles. The van der Waals surface area contributed by atoms with Gasteiger partial charge >= 0.3 is 0 Å². The first kappa shape index (κ1) is 37.2. The molecule has 2 N–H and O–H groups in total. The third-order valence-corrected chi connectivity index (χ3v) is 8.66. The van der Waals surface area contributed by atoms with Crippen molar-refractivity contribution in [1.29, 1.82) is 0 Å². The van der Waals surface area contributed by atoms with Crippen molar-refractivity contribution in [2.45, 2.75) is 11.8 Å². The highest BCUT2D eigenvalue weighted by Crippen LogP contribution is 2.39. The molecule has 0 fully saturated rings. The molecule has 5 rings (SSSR count). The highest BCUT2D eigenvalue weighted by Gasteiger charge is 2.21. The molecule has 270 valence electrons. The Hall–Kier alpha value is -5.09. The molecule has 15 heteroatoms. The first-order chi connectivity index (χ1) is 24.4. The summed E-state index contributed by atoms with van der Waals surface area (Å²) in [5, 5.41) is 3.05. The van der Waals surface area contributed by atoms with Gasteiger partial charge < -0.3 is 38.6 Å². The van der Waals surface area contributed by atoms with Crippen LogP contribution < -0.4 is 20.3 Å². The van der Waals surface area contributed by atoms with Crippen LogP contribution in [-0.2, 0) is 31.1 Å². The lowest BCUT2D eigenvalue weighted by Gasteiger charge is -2.15. The fraction of sp³-hybridized carbons (Fsp3) is 0.278. The average molecular weight is 726 g/mol. The van der Waals surface area contributed by atoms with Crippen molar-refractivity contribution in [1.82, 2.24) is 9.55 Å². The Labute approximate surface area is 292 Å². The number of aryl methyl sites for hydroxylation is 1. The van der Waals surface area contributed by atoms with Gasteiger partial charge in [-0.05, 0) is 67.6 Å². The average Bonchev–Trinajstić information content (AvgIpc) is 3.55. The van der Waals surface area contributed by atoms with Crippen LogP contribution in [0, 0.1) is 11.6 Å². The standard InChI is InChI=1S/C36H37F2N3O9S/c1-4-46-13-14-47-15-16-48-17-18-49-25-8-6-24(7-9-25)39-35(42)31-21-28-29(22-41(2)36(43)34(28)40-31)27-20-26(51(3,44)45)10-12-32(27)50-33-11-5-23(37)19-30(33)38/h5-12,19-22,40H,4,13-18H2,1-3H3,(H,39,42). The van der Waals surface area contributed by atoms with Crippen molar-refractivity contribution in [3.05, 3.63) is 101 Å². The van der Waals surface area contributed by atoms with Gasteiger partial charge in [-0.1, -0.05) is 0 Å². The zero-order valence-electron chi connectivity index (χ0n) is 28.2. The zero-order valence-corrected chi connectivity index (χ0v) is 29.0. The van der Waals surface area contributed by atoms with E-state index in [1.165, 1.54) is 42.1 Å². The Bertz CT molecular complexity index is 2170. The number of carbonyl (C=O) groups excluding carboxylic acids is 1. The van der Waals surface area contributed by atoms with Gasteiger partial charge in [0.05, 0.1) is 37.9 Å². The molecule has 0 aliphatic rings. The van der Waals surface area contributed by atoms with Gasteiger partial charge in [0.25, 0.3) is 11.5 Å². The number of nitrogens with zero attached hydrogens (tertiary/aromatic N) is 1. The summed E-state index contributed by atoms with van der Waals surface area (Å²) in [5.41, 5.74) is 0.591. The fourth-order valence-corrected chi connectivity index (χ4v) is 5.67. The van der Waals surface area contributed by atoms with Gasteiger partial charge in [0, 0.05) is 54.4 Å². The summed E-state index contributed by atoms with van der Waals surface area (Å²) in [6.45, 7) is 5.20. The van der Waals surface area contributed by atoms with E-state index < -0.39 is 32.9 Å². The highest BCUT2D eigenvalue weighted by atomic mass is 32.2. The van der Waals surface area contributed by atoms with Crippen LogP contribution in [0.25, 0.3) is 22.0 Å². The van der Waals surface area contributed by atoms with Gasteiger partial charge in [0.15, 0.2) is 21.4 Å². The highest BCUT2D eigenvalue weighted by molar-refractivity contribution is 7.90. The number of ether oxygens (including phenoxy) is 5. The molecule has 51 heavy (non-hydrogen) atoms. The molecule has 12 nitrogen and oxygen atoms in total. The third kappa shape index (κ3) is 9.58. The molecule has 0 spiro atoms. The van der Waals surface area contributed by atoms with Crippen LogP contribution in [0.1, 0.15) is 17.4 Å². The number of anilines is 1. The van der Waals surface area contributed by atoms with E-state index in [-0.39, 0.29) is 38.6 Å². The van der Waals surface area contributed by atoms with E-state index in [1.807, 2.05) is 6.92 Å². The number of aromatic nitrogens is 2. The van der Waals surface area contributed by atoms with Crippen molar-refractivity contribution in [2.75, 3.05) is 57.8 Å². The number of benzene rings is 3. The molecule has 0 aliphatic heterocycles. The maximum atomic E-state index is 14.6. The predicted octanol–water partition coefficient (Wildman–Crippen LogP) is 5.71. The second-order valence-electron chi connectivity index (χ2n) is 11.3. The Balaban J connectivity index is 1.33. The number of amides is 1. The lowest BCUT2D eigenvalue weighted by Crippen LogP contribution is -2.17. The van der Waals surface area contributed by atoms with Gasteiger partial charge in [0.2, 0.25) is 0 Å². The summed E-state index contributed by atoms with van der Waals surface area (Å²) in [6.07, 6.45) is 2.48. The van der Waals surface area contributed by atoms with Gasteiger partial charge in [-0.2, -0.15) is 0 Å². The van der Waals surface area contributed by atoms with Crippen molar-refractivity contribution in [3.8, 4) is 28.4 Å². The van der Waals surface area contributed by atoms with Crippen LogP contribution in [0.4, 0.5) is 14.5 Å². The van der Waals surface area contributed by atoms with E-state index in [4.69, 9.17) is 23.7 Å². The summed E-state index contributed by atoms with van der Waals surface area (Å²) >= 11 is 0. The molecule has 0 unspecified atom stereocenters. The van der Waals surface area contributed by atoms with Crippen molar-refractivity contribution in [3.63, 3.8) is 0 Å². The number of sulfone groups is 1. The maximum absolute atomic E-state index is 14.6. The van der Waals surface area contributed by atoms with Crippen LogP contribution in [0.15, 0.2) is 82.6 Å². The normalized spacial score (nSPS) is 11.5. The van der Waals surface area contributed by atoms with E-state index in [1.54, 1.807) is 24.3 Å². The molecule has 3 aromatic carbocycles. The number of hydrogen-bond donors (Lipinski definition) is 2. The first-order valence-electron chi connectivity index (χ1n) is 15.9. The number of H-pyrrole nitrogens is 1. The molecule has 0 bridgehead atoms. The Morgan fingerprint density at radius 1 is 0.843 bits per heavy atom. The number of nitrogens with one attached hydrogen (secondary N) is 2. The van der Waals surface area contributed by atoms with Crippen LogP contribution in [-0.4, -0.2) is 76.4 Å². The predicted molar refractivity (Wildman–Crippen MR) is 187 cm³/mol. The number of pyridine rings is 1. The maximum Gasteiger partial charge on any atom is 0.274 e. The third-order valence-electron chi connectivity index (χ3n) is 7.55. The number of halogens is 2. The molecular weight excluding hydrogens is 688 g/mol. The largest absolute Gasteiger partial charge is 0.491 e. The quantitative estimate of drug-likeness (QED) is 0.115. The molecule has 2 aromatic heterocycles. The number of carbonyl (C=O) groups is 1. The second kappa shape index (κ2) is 16.7. The Morgan fingerprint density at radius 2 is 1.51 bits per heavy atom. The summed E-state index contributed by atoms with van der Waals surface area (Å²) in [4.78, 5) is 29.3. The van der Waals surface area contributed by atoms with Gasteiger partial charge in [-0.3, -0.25) is 9.59 Å². The number of fused-ring (bicyclic) bond motifs is 1. The van der Waals surface area contributed by atoms with Crippen LogP contribution >= 0.6 is 0 Å². The van der Waals surface area contributed by atoms with E-state index in [9.17, 15) is 26.8 Å². The summed E-state index contributed by atoms with van der Waals surface area (Å²) in [7, 11) is -2.22. The molecule has 0 saturated carbocycles. The monoisotopic (exact) mass is 725 g/mol. The molecule has 5 aromatic rings. The minimum absolute atomic E-state index is 0.0243. The Morgan fingerprint density at radius 3 is 2.18 bits per heavy atom. The first-order valence-corrected chi connectivity index (χ1v) is 17.8.